The fraction of sp³-hybridized carbons (Fsp3) is 0.286. The van der Waals surface area contributed by atoms with Crippen LogP contribution in [0.1, 0.15) is 16.8 Å². The Balaban J connectivity index is 1.41. The van der Waals surface area contributed by atoms with Gasteiger partial charge in [0.15, 0.2) is 0 Å². The molecule has 10 nitrogen and oxygen atoms in total. The van der Waals surface area contributed by atoms with E-state index in [1.807, 2.05) is 0 Å². The van der Waals surface area contributed by atoms with Gasteiger partial charge in [0.25, 0.3) is 11.5 Å². The van der Waals surface area contributed by atoms with Gasteiger partial charge in [-0.25, -0.2) is 0 Å². The first-order valence-corrected chi connectivity index (χ1v) is 13.0. The van der Waals surface area contributed by atoms with E-state index >= 15 is 0 Å². The highest BCUT2D eigenvalue weighted by molar-refractivity contribution is 6.30. The van der Waals surface area contributed by atoms with E-state index < -0.39 is 23.8 Å². The Hall–Kier alpha value is -3.99. The normalized spacial score (nSPS) is 14.3. The summed E-state index contributed by atoms with van der Waals surface area (Å²) in [5, 5.41) is 8.76. The molecule has 2 aromatic carbocycles. The van der Waals surface area contributed by atoms with Crippen molar-refractivity contribution in [3.05, 3.63) is 93.9 Å². The van der Waals surface area contributed by atoms with Gasteiger partial charge in [-0.3, -0.25) is 28.6 Å². The second-order valence-electron chi connectivity index (χ2n) is 8.99. The molecule has 1 saturated heterocycles. The van der Waals surface area contributed by atoms with Crippen LogP contribution in [0, 0.1) is 0 Å². The van der Waals surface area contributed by atoms with Gasteiger partial charge in [0.1, 0.15) is 6.04 Å². The molecule has 0 radical (unpaired) electrons. The van der Waals surface area contributed by atoms with E-state index in [1.54, 1.807) is 66.9 Å². The van der Waals surface area contributed by atoms with Crippen LogP contribution >= 0.6 is 11.6 Å². The van der Waals surface area contributed by atoms with Crippen molar-refractivity contribution in [2.24, 2.45) is 0 Å². The van der Waals surface area contributed by atoms with Crippen LogP contribution in [0.2, 0.25) is 5.02 Å². The number of pyridine rings is 1. The summed E-state index contributed by atoms with van der Waals surface area (Å²) < 4.78 is 6.80. The average molecular weight is 552 g/mol. The van der Waals surface area contributed by atoms with E-state index in [0.717, 1.165) is 13.1 Å². The lowest BCUT2D eigenvalue weighted by atomic mass is 10.1. The van der Waals surface area contributed by atoms with Gasteiger partial charge < -0.3 is 20.7 Å². The second-order valence-corrected chi connectivity index (χ2v) is 9.42. The molecule has 3 amide bonds. The molecule has 0 bridgehead atoms. The fourth-order valence-electron chi connectivity index (χ4n) is 4.08. The third-order valence-electron chi connectivity index (χ3n) is 6.20. The number of nitrogens with zero attached hydrogens (tertiary/aromatic N) is 2. The number of hydrogen-bond donors (Lipinski definition) is 3. The summed E-state index contributed by atoms with van der Waals surface area (Å²) >= 11 is 5.91. The Morgan fingerprint density at radius 3 is 2.36 bits per heavy atom. The number of rotatable bonds is 10. The van der Waals surface area contributed by atoms with Crippen LogP contribution in [0.5, 0.6) is 0 Å². The predicted molar refractivity (Wildman–Crippen MR) is 148 cm³/mol. The first kappa shape index (κ1) is 28.0. The number of ether oxygens (including phenoxy) is 1. The number of aromatic nitrogens is 1. The Bertz CT molecular complexity index is 1340. The number of anilines is 1. The van der Waals surface area contributed by atoms with Crippen LogP contribution in [0.15, 0.2) is 77.7 Å². The van der Waals surface area contributed by atoms with Gasteiger partial charge in [-0.15, -0.1) is 0 Å². The Kier molecular flexibility index (Phi) is 9.85. The molecular formula is C28H30ClN5O5. The number of hydrogen-bond acceptors (Lipinski definition) is 6. The molecule has 39 heavy (non-hydrogen) atoms. The van der Waals surface area contributed by atoms with E-state index in [1.165, 1.54) is 10.6 Å². The monoisotopic (exact) mass is 551 g/mol. The highest BCUT2D eigenvalue weighted by Crippen LogP contribution is 2.14. The van der Waals surface area contributed by atoms with E-state index in [2.05, 4.69) is 20.9 Å². The highest BCUT2D eigenvalue weighted by atomic mass is 35.5. The molecular weight excluding hydrogens is 522 g/mol. The predicted octanol–water partition coefficient (Wildman–Crippen LogP) is 2.07. The number of morpholine rings is 1. The van der Waals surface area contributed by atoms with Crippen molar-refractivity contribution in [1.29, 1.82) is 0 Å². The lowest BCUT2D eigenvalue weighted by molar-refractivity contribution is -0.126. The van der Waals surface area contributed by atoms with Crippen molar-refractivity contribution in [2.75, 3.05) is 44.7 Å². The minimum atomic E-state index is -1.11. The summed E-state index contributed by atoms with van der Waals surface area (Å²) in [6.45, 7) is 3.86. The standard InChI is InChI=1S/C28H30ClN5O5/c29-21-6-8-22(9-7-21)31-25(35)19-24(28(38)30-12-14-33-15-17-39-18-16-33)32-27(37)20-4-10-23(11-5-20)34-13-2-1-3-26(34)36/h1-11,13,24H,12,14-19H2,(H,30,38)(H,31,35)(H,32,37). The van der Waals surface area contributed by atoms with Gasteiger partial charge in [0.05, 0.1) is 19.6 Å². The molecule has 4 rings (SSSR count). The first-order valence-electron chi connectivity index (χ1n) is 12.6. The van der Waals surface area contributed by atoms with Gasteiger partial charge in [-0.2, -0.15) is 0 Å². The van der Waals surface area contributed by atoms with Gasteiger partial charge in [-0.1, -0.05) is 17.7 Å². The quantitative estimate of drug-likeness (QED) is 0.355. The summed E-state index contributed by atoms with van der Waals surface area (Å²) in [4.78, 5) is 53.1. The van der Waals surface area contributed by atoms with Gasteiger partial charge in [0.2, 0.25) is 11.8 Å². The van der Waals surface area contributed by atoms with Crippen molar-refractivity contribution in [3.63, 3.8) is 0 Å². The molecule has 0 aliphatic carbocycles. The molecule has 3 aromatic rings. The number of amides is 3. The molecule has 2 heterocycles. The van der Waals surface area contributed by atoms with Gasteiger partial charge in [0, 0.05) is 60.4 Å². The van der Waals surface area contributed by atoms with Crippen molar-refractivity contribution < 1.29 is 19.1 Å². The largest absolute Gasteiger partial charge is 0.379 e. The minimum Gasteiger partial charge on any atom is -0.379 e. The third kappa shape index (κ3) is 8.25. The zero-order valence-corrected chi connectivity index (χ0v) is 22.0. The molecule has 1 aliphatic heterocycles. The van der Waals surface area contributed by atoms with Crippen LogP contribution < -0.4 is 21.5 Å². The molecule has 204 valence electrons. The van der Waals surface area contributed by atoms with E-state index in [-0.39, 0.29) is 17.5 Å². The van der Waals surface area contributed by atoms with E-state index in [9.17, 15) is 19.2 Å². The van der Waals surface area contributed by atoms with E-state index in [4.69, 9.17) is 16.3 Å². The van der Waals surface area contributed by atoms with Gasteiger partial charge in [-0.05, 0) is 54.6 Å². The lowest BCUT2D eigenvalue weighted by Crippen LogP contribution is -2.50. The SMILES string of the molecule is O=C(CC(NC(=O)c1ccc(-n2ccccc2=O)cc1)C(=O)NCCN1CCOCC1)Nc1ccc(Cl)cc1. The summed E-state index contributed by atoms with van der Waals surface area (Å²) in [6, 6.07) is 16.7. The number of carbonyl (C=O) groups is 3. The summed E-state index contributed by atoms with van der Waals surface area (Å²) in [6.07, 6.45) is 1.36. The van der Waals surface area contributed by atoms with Crippen molar-refractivity contribution in [3.8, 4) is 5.69 Å². The Labute approximate surface area is 230 Å². The second kappa shape index (κ2) is 13.7. The van der Waals surface area contributed by atoms with Crippen LogP contribution in [-0.2, 0) is 14.3 Å². The molecule has 1 unspecified atom stereocenters. The summed E-state index contributed by atoms with van der Waals surface area (Å²) in [5.41, 5.74) is 1.20. The molecule has 1 aliphatic rings. The molecule has 1 aromatic heterocycles. The molecule has 0 spiro atoms. The Morgan fingerprint density at radius 2 is 1.67 bits per heavy atom. The molecule has 1 fully saturated rings. The maximum Gasteiger partial charge on any atom is 0.255 e. The number of nitrogens with one attached hydrogen (secondary N) is 3. The minimum absolute atomic E-state index is 0.199. The van der Waals surface area contributed by atoms with Crippen LogP contribution in [0.25, 0.3) is 5.69 Å². The molecule has 3 N–H and O–H groups in total. The van der Waals surface area contributed by atoms with Crippen LogP contribution in [0.4, 0.5) is 5.69 Å². The molecule has 11 heteroatoms. The highest BCUT2D eigenvalue weighted by Gasteiger charge is 2.25. The summed E-state index contributed by atoms with van der Waals surface area (Å²) in [7, 11) is 0. The maximum absolute atomic E-state index is 13.1. The summed E-state index contributed by atoms with van der Waals surface area (Å²) in [5.74, 6) is -1.42. The van der Waals surface area contributed by atoms with Crippen molar-refractivity contribution in [1.82, 2.24) is 20.1 Å². The smallest absolute Gasteiger partial charge is 0.255 e. The third-order valence-corrected chi connectivity index (χ3v) is 6.45. The average Bonchev–Trinajstić information content (AvgIpc) is 2.95. The Morgan fingerprint density at radius 1 is 0.949 bits per heavy atom. The number of carbonyl (C=O) groups excluding carboxylic acids is 3. The molecule has 0 saturated carbocycles. The number of halogens is 1. The maximum atomic E-state index is 13.1. The zero-order chi connectivity index (χ0) is 27.6. The van der Waals surface area contributed by atoms with Crippen LogP contribution in [0.3, 0.4) is 0 Å². The number of benzene rings is 2. The first-order chi connectivity index (χ1) is 18.9. The topological polar surface area (TPSA) is 122 Å². The van der Waals surface area contributed by atoms with Crippen molar-refractivity contribution >= 4 is 35.0 Å². The lowest BCUT2D eigenvalue weighted by Gasteiger charge is -2.27. The molecule has 1 atom stereocenters. The van der Waals surface area contributed by atoms with Gasteiger partial charge >= 0.3 is 0 Å². The van der Waals surface area contributed by atoms with Crippen LogP contribution in [-0.4, -0.2) is 72.6 Å². The zero-order valence-electron chi connectivity index (χ0n) is 21.3. The van der Waals surface area contributed by atoms with E-state index in [0.29, 0.717) is 42.7 Å². The van der Waals surface area contributed by atoms with Crippen molar-refractivity contribution in [2.45, 2.75) is 12.5 Å². The fourth-order valence-corrected chi connectivity index (χ4v) is 4.21.